The summed E-state index contributed by atoms with van der Waals surface area (Å²) in [5, 5.41) is 7.76. The van der Waals surface area contributed by atoms with Gasteiger partial charge in [0.05, 0.1) is 15.2 Å². The predicted molar refractivity (Wildman–Crippen MR) is 130 cm³/mol. The van der Waals surface area contributed by atoms with E-state index in [1.807, 2.05) is 72.0 Å². The van der Waals surface area contributed by atoms with Gasteiger partial charge in [0.25, 0.3) is 0 Å². The van der Waals surface area contributed by atoms with Crippen LogP contribution >= 0.6 is 11.3 Å². The Hall–Kier alpha value is -3.39. The minimum absolute atomic E-state index is 0.0993. The molecule has 0 aliphatic rings. The van der Waals surface area contributed by atoms with Crippen molar-refractivity contribution in [3.05, 3.63) is 59.7 Å². The molecule has 4 aromatic rings. The molecule has 2 heterocycles. The molecule has 0 aliphatic carbocycles. The lowest BCUT2D eigenvalue weighted by atomic mass is 10.2. The van der Waals surface area contributed by atoms with Crippen LogP contribution in [0.3, 0.4) is 0 Å². The maximum atomic E-state index is 12.4. The molecule has 0 fully saturated rings. The molecule has 0 atom stereocenters. The van der Waals surface area contributed by atoms with E-state index in [4.69, 9.17) is 0 Å². The van der Waals surface area contributed by atoms with Crippen LogP contribution in [0, 0.1) is 0 Å². The lowest BCUT2D eigenvalue weighted by Gasteiger charge is -2.19. The van der Waals surface area contributed by atoms with E-state index in [9.17, 15) is 9.59 Å². The van der Waals surface area contributed by atoms with Crippen LogP contribution in [0.5, 0.6) is 0 Å². The second kappa shape index (κ2) is 9.82. The molecule has 0 spiro atoms. The Morgan fingerprint density at radius 1 is 1.09 bits per heavy atom. The largest absolute Gasteiger partial charge is 0.342 e. The van der Waals surface area contributed by atoms with E-state index in [0.717, 1.165) is 26.1 Å². The Morgan fingerprint density at radius 3 is 2.69 bits per heavy atom. The topological polar surface area (TPSA) is 79.3 Å². The number of benzene rings is 2. The molecule has 0 bridgehead atoms. The van der Waals surface area contributed by atoms with E-state index >= 15 is 0 Å². The number of amides is 3. The van der Waals surface area contributed by atoms with Crippen LogP contribution < -0.4 is 10.6 Å². The number of fused-ring (bicyclic) bond motifs is 2. The molecule has 0 unspecified atom stereocenters. The summed E-state index contributed by atoms with van der Waals surface area (Å²) in [6, 6.07) is 15.5. The number of aromatic nitrogens is 2. The highest BCUT2D eigenvalue weighted by Crippen LogP contribution is 2.22. The molecule has 8 heteroatoms. The molecule has 2 aromatic carbocycles. The van der Waals surface area contributed by atoms with Gasteiger partial charge in [-0.15, -0.1) is 11.3 Å². The summed E-state index contributed by atoms with van der Waals surface area (Å²) in [7, 11) is 0. The first kappa shape index (κ1) is 21.8. The molecule has 3 amide bonds. The van der Waals surface area contributed by atoms with Crippen LogP contribution in [0.2, 0.25) is 0 Å². The summed E-state index contributed by atoms with van der Waals surface area (Å²) < 4.78 is 3.10. The first-order chi connectivity index (χ1) is 15.6. The zero-order chi connectivity index (χ0) is 22.5. The van der Waals surface area contributed by atoms with Gasteiger partial charge in [-0.25, -0.2) is 9.78 Å². The summed E-state index contributed by atoms with van der Waals surface area (Å²) in [4.78, 5) is 31.1. The third-order valence-corrected chi connectivity index (χ3v) is 6.51. The van der Waals surface area contributed by atoms with Crippen molar-refractivity contribution in [2.24, 2.45) is 0 Å². The van der Waals surface area contributed by atoms with Crippen LogP contribution in [0.25, 0.3) is 21.1 Å². The number of thiazole rings is 1. The summed E-state index contributed by atoms with van der Waals surface area (Å²) in [6.07, 6.45) is 2.60. The molecule has 7 nitrogen and oxygen atoms in total. The third kappa shape index (κ3) is 4.91. The normalized spacial score (nSPS) is 11.1. The van der Waals surface area contributed by atoms with E-state index in [2.05, 4.69) is 21.7 Å². The number of anilines is 1. The average molecular weight is 450 g/mol. The molecule has 0 saturated heterocycles. The quantitative estimate of drug-likeness (QED) is 0.416. The Bertz CT molecular complexity index is 1210. The van der Waals surface area contributed by atoms with Crippen LogP contribution in [0.1, 0.15) is 18.9 Å². The van der Waals surface area contributed by atoms with E-state index in [-0.39, 0.29) is 11.9 Å². The highest BCUT2D eigenvalue weighted by atomic mass is 32.1. The number of rotatable bonds is 8. The summed E-state index contributed by atoms with van der Waals surface area (Å²) in [6.45, 7) is 6.20. The van der Waals surface area contributed by atoms with Crippen molar-refractivity contribution < 1.29 is 9.59 Å². The first-order valence-electron chi connectivity index (χ1n) is 10.8. The number of nitrogens with zero attached hydrogens (tertiary/aromatic N) is 3. The lowest BCUT2D eigenvalue weighted by molar-refractivity contribution is -0.131. The van der Waals surface area contributed by atoms with Gasteiger partial charge in [-0.3, -0.25) is 4.79 Å². The molecule has 166 valence electrons. The molecule has 0 saturated carbocycles. The van der Waals surface area contributed by atoms with Gasteiger partial charge < -0.3 is 20.1 Å². The second-order valence-corrected chi connectivity index (χ2v) is 8.60. The van der Waals surface area contributed by atoms with Crippen molar-refractivity contribution in [1.82, 2.24) is 19.8 Å². The predicted octanol–water partition coefficient (Wildman–Crippen LogP) is 4.48. The maximum absolute atomic E-state index is 12.4. The van der Waals surface area contributed by atoms with Gasteiger partial charge in [0.15, 0.2) is 0 Å². The summed E-state index contributed by atoms with van der Waals surface area (Å²) in [5.74, 6) is 0.0993. The fourth-order valence-electron chi connectivity index (χ4n) is 3.72. The average Bonchev–Trinajstić information content (AvgIpc) is 3.38. The molecule has 2 aromatic heterocycles. The fraction of sp³-hybridized carbons (Fsp3) is 0.292. The van der Waals surface area contributed by atoms with Crippen molar-refractivity contribution in [3.8, 4) is 0 Å². The van der Waals surface area contributed by atoms with Gasteiger partial charge in [0, 0.05) is 48.8 Å². The van der Waals surface area contributed by atoms with Crippen LogP contribution in [-0.4, -0.2) is 46.0 Å². The second-order valence-electron chi connectivity index (χ2n) is 7.49. The van der Waals surface area contributed by atoms with Gasteiger partial charge in [-0.1, -0.05) is 12.1 Å². The minimum Gasteiger partial charge on any atom is -0.342 e. The SMILES string of the molecule is CCN(CC)C(=O)Cn1ccc2cc(NC(=O)NCCc3nc4ccccc4s3)ccc21. The van der Waals surface area contributed by atoms with Crippen LogP contribution in [0.15, 0.2) is 54.7 Å². The lowest BCUT2D eigenvalue weighted by Crippen LogP contribution is -2.33. The highest BCUT2D eigenvalue weighted by Gasteiger charge is 2.12. The van der Waals surface area contributed by atoms with Gasteiger partial charge in [-0.05, 0) is 50.2 Å². The zero-order valence-electron chi connectivity index (χ0n) is 18.3. The molecule has 32 heavy (non-hydrogen) atoms. The molecule has 2 N–H and O–H groups in total. The Balaban J connectivity index is 1.32. The van der Waals surface area contributed by atoms with E-state index < -0.39 is 0 Å². The number of hydrogen-bond donors (Lipinski definition) is 2. The first-order valence-corrected chi connectivity index (χ1v) is 11.6. The van der Waals surface area contributed by atoms with Crippen LogP contribution in [-0.2, 0) is 17.8 Å². The van der Waals surface area contributed by atoms with E-state index in [1.54, 1.807) is 11.3 Å². The standard InChI is InChI=1S/C24H27N5O2S/c1-3-28(4-2)23(30)16-29-14-12-17-15-18(9-10-20(17)29)26-24(31)25-13-11-22-27-19-7-5-6-8-21(19)32-22/h5-10,12,14-15H,3-4,11,13,16H2,1-2H3,(H2,25,26,31). The minimum atomic E-state index is -0.249. The maximum Gasteiger partial charge on any atom is 0.319 e. The number of nitrogens with one attached hydrogen (secondary N) is 2. The number of likely N-dealkylation sites (N-methyl/N-ethyl adjacent to an activating group) is 1. The molecular weight excluding hydrogens is 422 g/mol. The van der Waals surface area contributed by atoms with Crippen molar-refractivity contribution >= 4 is 50.1 Å². The fourth-order valence-corrected chi connectivity index (χ4v) is 4.69. The Kier molecular flexibility index (Phi) is 6.70. The molecule has 0 aliphatic heterocycles. The summed E-state index contributed by atoms with van der Waals surface area (Å²) in [5.41, 5.74) is 2.67. The number of carbonyl (C=O) groups is 2. The van der Waals surface area contributed by atoms with E-state index in [1.165, 1.54) is 0 Å². The smallest absolute Gasteiger partial charge is 0.319 e. The van der Waals surface area contributed by atoms with Crippen LogP contribution in [0.4, 0.5) is 10.5 Å². The number of urea groups is 1. The van der Waals surface area contributed by atoms with Crippen molar-refractivity contribution in [1.29, 1.82) is 0 Å². The Morgan fingerprint density at radius 2 is 1.91 bits per heavy atom. The zero-order valence-corrected chi connectivity index (χ0v) is 19.1. The van der Waals surface area contributed by atoms with Gasteiger partial charge in [0.1, 0.15) is 6.54 Å². The van der Waals surface area contributed by atoms with Gasteiger partial charge in [-0.2, -0.15) is 0 Å². The van der Waals surface area contributed by atoms with E-state index in [0.29, 0.717) is 38.3 Å². The monoisotopic (exact) mass is 449 g/mol. The van der Waals surface area contributed by atoms with Gasteiger partial charge >= 0.3 is 6.03 Å². The number of hydrogen-bond acceptors (Lipinski definition) is 4. The third-order valence-electron chi connectivity index (χ3n) is 5.41. The van der Waals surface area contributed by atoms with Crippen molar-refractivity contribution in [2.75, 3.05) is 25.0 Å². The molecular formula is C24H27N5O2S. The van der Waals surface area contributed by atoms with Gasteiger partial charge in [0.2, 0.25) is 5.91 Å². The number of para-hydroxylation sites is 1. The highest BCUT2D eigenvalue weighted by molar-refractivity contribution is 7.18. The Labute approximate surface area is 191 Å². The molecule has 0 radical (unpaired) electrons. The molecule has 4 rings (SSSR count). The van der Waals surface area contributed by atoms with Crippen molar-refractivity contribution in [3.63, 3.8) is 0 Å². The number of carbonyl (C=O) groups excluding carboxylic acids is 2. The van der Waals surface area contributed by atoms with Crippen molar-refractivity contribution in [2.45, 2.75) is 26.8 Å². The summed E-state index contributed by atoms with van der Waals surface area (Å²) >= 11 is 1.65.